The van der Waals surface area contributed by atoms with E-state index in [1.165, 1.54) is 12.8 Å². The summed E-state index contributed by atoms with van der Waals surface area (Å²) >= 11 is 0. The number of nitrogens with zero attached hydrogens (tertiary/aromatic N) is 1. The van der Waals surface area contributed by atoms with Crippen LogP contribution in [0.2, 0.25) is 0 Å². The summed E-state index contributed by atoms with van der Waals surface area (Å²) in [6.45, 7) is 3.32. The smallest absolute Gasteiger partial charge is 0.251 e. The van der Waals surface area contributed by atoms with Crippen molar-refractivity contribution in [2.75, 3.05) is 19.6 Å². The topological polar surface area (TPSA) is 154 Å². The maximum atomic E-state index is 13.8. The molecule has 6 N–H and O–H groups in total. The van der Waals surface area contributed by atoms with Crippen molar-refractivity contribution in [2.24, 2.45) is 17.6 Å². The molecule has 250 valence electrons. The lowest BCUT2D eigenvalue weighted by Crippen LogP contribution is -2.60. The summed E-state index contributed by atoms with van der Waals surface area (Å²) in [7, 11) is 0. The van der Waals surface area contributed by atoms with Crippen molar-refractivity contribution in [2.45, 2.75) is 76.1 Å². The molecule has 47 heavy (non-hydrogen) atoms. The largest absolute Gasteiger partial charge is 0.390 e. The molecule has 1 heterocycles. The molecule has 0 unspecified atom stereocenters. The summed E-state index contributed by atoms with van der Waals surface area (Å²) in [6.07, 6.45) is 4.19. The summed E-state index contributed by atoms with van der Waals surface area (Å²) in [4.78, 5) is 54.4. The predicted octanol–water partition coefficient (Wildman–Crippen LogP) is 2.92. The average molecular weight is 642 g/mol. The van der Waals surface area contributed by atoms with Crippen LogP contribution in [0.1, 0.15) is 61.4 Å². The first-order chi connectivity index (χ1) is 22.7. The Morgan fingerprint density at radius 1 is 0.915 bits per heavy atom. The number of hydrogen-bond donors (Lipinski definition) is 5. The van der Waals surface area contributed by atoms with Crippen LogP contribution < -0.4 is 21.7 Å². The normalized spacial score (nSPS) is 21.5. The van der Waals surface area contributed by atoms with Crippen LogP contribution in [0.15, 0.2) is 72.8 Å². The maximum Gasteiger partial charge on any atom is 0.251 e. The molecule has 1 saturated heterocycles. The van der Waals surface area contributed by atoms with Crippen LogP contribution in [-0.2, 0) is 20.8 Å². The number of carbonyl (C=O) groups excluding carboxylic acids is 4. The number of primary amides is 1. The van der Waals surface area contributed by atoms with Crippen molar-refractivity contribution < 1.29 is 24.3 Å². The van der Waals surface area contributed by atoms with Crippen LogP contribution in [0.25, 0.3) is 10.8 Å². The molecule has 0 radical (unpaired) electrons. The van der Waals surface area contributed by atoms with E-state index in [4.69, 9.17) is 5.73 Å². The molecular weight excluding hydrogens is 594 g/mol. The molecule has 10 nitrogen and oxygen atoms in total. The Bertz CT molecular complexity index is 1550. The second-order valence-corrected chi connectivity index (χ2v) is 13.0. The van der Waals surface area contributed by atoms with Crippen LogP contribution in [0.3, 0.4) is 0 Å². The monoisotopic (exact) mass is 641 g/mol. The van der Waals surface area contributed by atoms with Crippen LogP contribution in [0.4, 0.5) is 0 Å². The highest BCUT2D eigenvalue weighted by Gasteiger charge is 2.41. The van der Waals surface area contributed by atoms with Gasteiger partial charge in [-0.1, -0.05) is 79.9 Å². The van der Waals surface area contributed by atoms with Gasteiger partial charge in [-0.3, -0.25) is 24.1 Å². The van der Waals surface area contributed by atoms with Crippen LogP contribution >= 0.6 is 0 Å². The van der Waals surface area contributed by atoms with Gasteiger partial charge < -0.3 is 26.8 Å². The third-order valence-electron chi connectivity index (χ3n) is 9.71. The van der Waals surface area contributed by atoms with Gasteiger partial charge in [0.15, 0.2) is 0 Å². The SMILES string of the molecule is CCNC(=O)[C@@H]1C[C@@H]2CCCC[C@@H]2CN1C[C@@H](O)[C@H](Cc1ccccc1)NC(=O)[C@H](CC(N)=O)NC(=O)c1ccc2ccccc2c1. The van der Waals surface area contributed by atoms with Crippen molar-refractivity contribution in [1.29, 1.82) is 0 Å². The second kappa shape index (κ2) is 16.0. The molecule has 0 aromatic heterocycles. The number of aliphatic hydroxyl groups excluding tert-OH is 1. The van der Waals surface area contributed by atoms with Gasteiger partial charge in [0, 0.05) is 25.2 Å². The molecule has 5 rings (SSSR count). The zero-order valence-electron chi connectivity index (χ0n) is 27.1. The number of likely N-dealkylation sites (N-methyl/N-ethyl adjacent to an activating group) is 1. The highest BCUT2D eigenvalue weighted by Crippen LogP contribution is 2.38. The van der Waals surface area contributed by atoms with Gasteiger partial charge in [-0.15, -0.1) is 0 Å². The molecule has 1 aliphatic heterocycles. The highest BCUT2D eigenvalue weighted by atomic mass is 16.3. The number of β-amino-alcohol motifs (C(OH)–C–C–N with tert-alkyl or cyclic N) is 1. The van der Waals surface area contributed by atoms with Gasteiger partial charge in [-0.2, -0.15) is 0 Å². The molecule has 1 saturated carbocycles. The number of benzene rings is 3. The third-order valence-corrected chi connectivity index (χ3v) is 9.71. The van der Waals surface area contributed by atoms with E-state index < -0.39 is 42.3 Å². The van der Waals surface area contributed by atoms with Gasteiger partial charge in [0.25, 0.3) is 5.91 Å². The van der Waals surface area contributed by atoms with E-state index in [2.05, 4.69) is 20.9 Å². The number of amides is 4. The minimum Gasteiger partial charge on any atom is -0.390 e. The summed E-state index contributed by atoms with van der Waals surface area (Å²) in [5.74, 6) is -0.962. The van der Waals surface area contributed by atoms with E-state index in [0.717, 1.165) is 35.6 Å². The number of piperidine rings is 1. The van der Waals surface area contributed by atoms with Crippen LogP contribution in [-0.4, -0.2) is 77.5 Å². The number of rotatable bonds is 13. The van der Waals surface area contributed by atoms with Crippen LogP contribution in [0.5, 0.6) is 0 Å². The van der Waals surface area contributed by atoms with Gasteiger partial charge in [-0.05, 0) is 66.5 Å². The Morgan fingerprint density at radius 2 is 1.62 bits per heavy atom. The number of nitrogens with two attached hydrogens (primary N) is 1. The van der Waals surface area contributed by atoms with E-state index in [1.54, 1.807) is 12.1 Å². The number of aliphatic hydroxyl groups is 1. The molecular formula is C37H47N5O5. The molecule has 6 atom stereocenters. The average Bonchev–Trinajstić information content (AvgIpc) is 3.07. The summed E-state index contributed by atoms with van der Waals surface area (Å²) in [5.41, 5.74) is 6.76. The first-order valence-electron chi connectivity index (χ1n) is 16.8. The standard InChI is InChI=1S/C37H47N5O5/c1-2-39-37(47)32-20-27-14-8-9-15-29(27)22-42(32)23-33(43)30(18-24-10-4-3-5-11-24)40-36(46)31(21-34(38)44)41-35(45)28-17-16-25-12-6-7-13-26(25)19-28/h3-7,10-13,16-17,19,27,29-33,43H,2,8-9,14-15,18,20-23H2,1H3,(H2,38,44)(H,39,47)(H,40,46)(H,41,45)/t27-,29+,30-,31-,32-,33+/m0/s1. The van der Waals surface area contributed by atoms with Gasteiger partial charge in [-0.25, -0.2) is 0 Å². The third kappa shape index (κ3) is 8.96. The fourth-order valence-electron chi connectivity index (χ4n) is 7.25. The molecule has 1 aliphatic carbocycles. The quantitative estimate of drug-likeness (QED) is 0.194. The zero-order valence-corrected chi connectivity index (χ0v) is 27.1. The first-order valence-corrected chi connectivity index (χ1v) is 16.8. The summed E-state index contributed by atoms with van der Waals surface area (Å²) in [5, 5.41) is 22.2. The summed E-state index contributed by atoms with van der Waals surface area (Å²) in [6, 6.07) is 20.0. The van der Waals surface area contributed by atoms with E-state index in [9.17, 15) is 24.3 Å². The van der Waals surface area contributed by atoms with Crippen molar-refractivity contribution in [3.63, 3.8) is 0 Å². The first kappa shape index (κ1) is 34.1. The molecule has 0 bridgehead atoms. The lowest BCUT2D eigenvalue weighted by atomic mass is 9.72. The molecule has 2 aliphatic rings. The van der Waals surface area contributed by atoms with Crippen molar-refractivity contribution in [1.82, 2.24) is 20.9 Å². The lowest BCUT2D eigenvalue weighted by molar-refractivity contribution is -0.132. The van der Waals surface area contributed by atoms with Gasteiger partial charge in [0.2, 0.25) is 17.7 Å². The Balaban J connectivity index is 1.34. The van der Waals surface area contributed by atoms with Gasteiger partial charge in [0.1, 0.15) is 6.04 Å². The van der Waals surface area contributed by atoms with E-state index in [0.29, 0.717) is 36.9 Å². The molecule has 2 fully saturated rings. The van der Waals surface area contributed by atoms with Crippen molar-refractivity contribution in [3.8, 4) is 0 Å². The van der Waals surface area contributed by atoms with E-state index in [1.807, 2.05) is 67.6 Å². The molecule has 3 aromatic rings. The maximum absolute atomic E-state index is 13.8. The highest BCUT2D eigenvalue weighted by molar-refractivity contribution is 6.01. The molecule has 4 amide bonds. The fourth-order valence-corrected chi connectivity index (χ4v) is 7.25. The molecule has 10 heteroatoms. The summed E-state index contributed by atoms with van der Waals surface area (Å²) < 4.78 is 0. The van der Waals surface area contributed by atoms with Crippen molar-refractivity contribution >= 4 is 34.4 Å². The van der Waals surface area contributed by atoms with Crippen molar-refractivity contribution in [3.05, 3.63) is 83.9 Å². The molecule has 0 spiro atoms. The number of carbonyl (C=O) groups is 4. The lowest BCUT2D eigenvalue weighted by Gasteiger charge is -2.46. The van der Waals surface area contributed by atoms with Crippen LogP contribution in [0, 0.1) is 11.8 Å². The van der Waals surface area contributed by atoms with Gasteiger partial charge in [0.05, 0.1) is 24.6 Å². The Hall–Kier alpha value is -4.28. The Kier molecular flexibility index (Phi) is 11.6. The number of fused-ring (bicyclic) bond motifs is 2. The minimum absolute atomic E-state index is 0.0368. The Morgan fingerprint density at radius 3 is 2.34 bits per heavy atom. The van der Waals surface area contributed by atoms with E-state index >= 15 is 0 Å². The van der Waals surface area contributed by atoms with Gasteiger partial charge >= 0.3 is 0 Å². The molecule has 3 aromatic carbocycles. The number of hydrogen-bond acceptors (Lipinski definition) is 6. The van der Waals surface area contributed by atoms with E-state index in [-0.39, 0.29) is 18.5 Å². The predicted molar refractivity (Wildman–Crippen MR) is 181 cm³/mol. The number of nitrogens with one attached hydrogen (secondary N) is 3. The number of likely N-dealkylation sites (tertiary alicyclic amines) is 1. The Labute approximate surface area is 276 Å². The fraction of sp³-hybridized carbons (Fsp3) is 0.459. The minimum atomic E-state index is -1.25. The second-order valence-electron chi connectivity index (χ2n) is 13.0. The zero-order chi connectivity index (χ0) is 33.3.